The summed E-state index contributed by atoms with van der Waals surface area (Å²) in [7, 11) is 0. The molecule has 0 bridgehead atoms. The predicted molar refractivity (Wildman–Crippen MR) is 141 cm³/mol. The summed E-state index contributed by atoms with van der Waals surface area (Å²) < 4.78 is 16.6. The van der Waals surface area contributed by atoms with Gasteiger partial charge in [0, 0.05) is 31.7 Å². The molecule has 0 spiro atoms. The lowest BCUT2D eigenvalue weighted by atomic mass is 9.95. The average Bonchev–Trinajstić information content (AvgIpc) is 3.19. The largest absolute Gasteiger partial charge is 0.507 e. The Kier molecular flexibility index (Phi) is 8.98. The number of morpholine rings is 1. The first-order chi connectivity index (χ1) is 18.0. The van der Waals surface area contributed by atoms with Crippen molar-refractivity contribution >= 4 is 17.4 Å². The van der Waals surface area contributed by atoms with Crippen LogP contribution in [0.15, 0.2) is 66.8 Å². The molecule has 2 saturated heterocycles. The molecule has 4 rings (SSSR count). The lowest BCUT2D eigenvalue weighted by Crippen LogP contribution is -2.42. The SMILES string of the molecule is C=CCOc1ccc(/C(O)=C2/C(=O)C(=O)N(CCN3CCOCC3)C2c2ccc(OCCC)cc2)cc1. The topological polar surface area (TPSA) is 88.5 Å². The number of hydrogen-bond donors (Lipinski definition) is 1. The van der Waals surface area contributed by atoms with E-state index >= 15 is 0 Å². The zero-order valence-electron chi connectivity index (χ0n) is 21.2. The number of aliphatic hydroxyl groups is 1. The van der Waals surface area contributed by atoms with Crippen LogP contribution in [0.3, 0.4) is 0 Å². The van der Waals surface area contributed by atoms with Gasteiger partial charge in [0.25, 0.3) is 11.7 Å². The van der Waals surface area contributed by atoms with Crippen molar-refractivity contribution in [2.45, 2.75) is 19.4 Å². The van der Waals surface area contributed by atoms with Crippen LogP contribution in [0, 0.1) is 0 Å². The molecule has 0 radical (unpaired) electrons. The Balaban J connectivity index is 1.67. The molecule has 8 heteroatoms. The number of rotatable bonds is 11. The summed E-state index contributed by atoms with van der Waals surface area (Å²) in [6.07, 6.45) is 2.53. The minimum absolute atomic E-state index is 0.0777. The van der Waals surface area contributed by atoms with E-state index in [2.05, 4.69) is 11.5 Å². The molecular formula is C29H34N2O6. The Hall–Kier alpha value is -3.62. The molecule has 1 amide bonds. The maximum absolute atomic E-state index is 13.3. The van der Waals surface area contributed by atoms with E-state index in [1.165, 1.54) is 0 Å². The van der Waals surface area contributed by atoms with Crippen LogP contribution in [0.4, 0.5) is 0 Å². The number of hydrogen-bond acceptors (Lipinski definition) is 7. The molecule has 1 atom stereocenters. The van der Waals surface area contributed by atoms with Crippen LogP contribution in [-0.4, -0.2) is 79.2 Å². The Morgan fingerprint density at radius 2 is 1.68 bits per heavy atom. The lowest BCUT2D eigenvalue weighted by Gasteiger charge is -2.31. The predicted octanol–water partition coefficient (Wildman–Crippen LogP) is 3.79. The first-order valence-corrected chi connectivity index (χ1v) is 12.7. The highest BCUT2D eigenvalue weighted by Gasteiger charge is 2.46. The second-order valence-corrected chi connectivity index (χ2v) is 8.99. The zero-order valence-corrected chi connectivity index (χ0v) is 21.2. The van der Waals surface area contributed by atoms with Gasteiger partial charge in [-0.3, -0.25) is 14.5 Å². The molecule has 8 nitrogen and oxygen atoms in total. The fourth-order valence-electron chi connectivity index (χ4n) is 4.52. The number of amides is 1. The second kappa shape index (κ2) is 12.6. The summed E-state index contributed by atoms with van der Waals surface area (Å²) in [5.74, 6) is -0.189. The maximum atomic E-state index is 13.3. The molecular weight excluding hydrogens is 472 g/mol. The second-order valence-electron chi connectivity index (χ2n) is 8.99. The minimum Gasteiger partial charge on any atom is -0.507 e. The van der Waals surface area contributed by atoms with Gasteiger partial charge in [0.05, 0.1) is 31.4 Å². The van der Waals surface area contributed by atoms with Crippen molar-refractivity contribution < 1.29 is 28.9 Å². The van der Waals surface area contributed by atoms with Crippen LogP contribution in [0.25, 0.3) is 5.76 Å². The van der Waals surface area contributed by atoms with E-state index in [0.29, 0.717) is 56.6 Å². The Morgan fingerprint density at radius 1 is 1.03 bits per heavy atom. The smallest absolute Gasteiger partial charge is 0.295 e. The van der Waals surface area contributed by atoms with Gasteiger partial charge in [0.1, 0.15) is 23.9 Å². The van der Waals surface area contributed by atoms with Gasteiger partial charge in [-0.25, -0.2) is 0 Å². The van der Waals surface area contributed by atoms with Crippen LogP contribution < -0.4 is 9.47 Å². The van der Waals surface area contributed by atoms with Gasteiger partial charge >= 0.3 is 0 Å². The number of aliphatic hydroxyl groups excluding tert-OH is 1. The van der Waals surface area contributed by atoms with Gasteiger partial charge in [0.15, 0.2) is 0 Å². The number of carbonyl (C=O) groups is 2. The van der Waals surface area contributed by atoms with E-state index in [4.69, 9.17) is 14.2 Å². The van der Waals surface area contributed by atoms with E-state index in [9.17, 15) is 14.7 Å². The molecule has 0 saturated carbocycles. The van der Waals surface area contributed by atoms with Crippen LogP contribution >= 0.6 is 0 Å². The maximum Gasteiger partial charge on any atom is 0.295 e. The van der Waals surface area contributed by atoms with Crippen molar-refractivity contribution in [1.82, 2.24) is 9.80 Å². The monoisotopic (exact) mass is 506 g/mol. The van der Waals surface area contributed by atoms with Gasteiger partial charge in [0.2, 0.25) is 0 Å². The summed E-state index contributed by atoms with van der Waals surface area (Å²) in [5.41, 5.74) is 1.25. The van der Waals surface area contributed by atoms with Crippen LogP contribution in [-0.2, 0) is 14.3 Å². The van der Waals surface area contributed by atoms with Crippen LogP contribution in [0.5, 0.6) is 11.5 Å². The number of nitrogens with zero attached hydrogens (tertiary/aromatic N) is 2. The number of ether oxygens (including phenoxy) is 3. The summed E-state index contributed by atoms with van der Waals surface area (Å²) in [6.45, 7) is 10.4. The van der Waals surface area contributed by atoms with Gasteiger partial charge in [-0.15, -0.1) is 0 Å². The third-order valence-electron chi connectivity index (χ3n) is 6.47. The number of ketones is 1. The number of benzene rings is 2. The standard InChI is InChI=1S/C29H34N2O6/c1-3-17-36-23-9-5-21(6-10-23)26-25(27(32)22-7-11-24(12-8-22)37-18-4-2)28(33)29(34)31(26)14-13-30-15-19-35-20-16-30/h4-12,26,32H,2-3,13-20H2,1H3/b27-25-. The number of likely N-dealkylation sites (tertiary alicyclic amines) is 1. The molecule has 0 aliphatic carbocycles. The quantitative estimate of drug-likeness (QED) is 0.215. The van der Waals surface area contributed by atoms with Crippen molar-refractivity contribution in [3.63, 3.8) is 0 Å². The third kappa shape index (κ3) is 6.21. The number of Topliss-reactive ketones (excluding diaryl/α,β-unsaturated/α-hetero) is 1. The van der Waals surface area contributed by atoms with Crippen molar-refractivity contribution in [1.29, 1.82) is 0 Å². The van der Waals surface area contributed by atoms with Gasteiger partial charge in [-0.1, -0.05) is 31.7 Å². The lowest BCUT2D eigenvalue weighted by molar-refractivity contribution is -0.140. The van der Waals surface area contributed by atoms with Crippen molar-refractivity contribution in [3.8, 4) is 11.5 Å². The molecule has 0 aromatic heterocycles. The van der Waals surface area contributed by atoms with E-state index in [0.717, 1.165) is 25.1 Å². The molecule has 2 heterocycles. The van der Waals surface area contributed by atoms with E-state index < -0.39 is 17.7 Å². The molecule has 2 aliphatic rings. The Bertz CT molecular complexity index is 1120. The molecule has 2 fully saturated rings. The fourth-order valence-corrected chi connectivity index (χ4v) is 4.52. The zero-order chi connectivity index (χ0) is 26.2. The summed E-state index contributed by atoms with van der Waals surface area (Å²) >= 11 is 0. The summed E-state index contributed by atoms with van der Waals surface area (Å²) in [6, 6.07) is 13.4. The van der Waals surface area contributed by atoms with Gasteiger partial charge in [-0.2, -0.15) is 0 Å². The van der Waals surface area contributed by atoms with Crippen molar-refractivity contribution in [2.75, 3.05) is 52.6 Å². The highest BCUT2D eigenvalue weighted by molar-refractivity contribution is 6.46. The van der Waals surface area contributed by atoms with Gasteiger partial charge < -0.3 is 24.2 Å². The van der Waals surface area contributed by atoms with E-state index in [1.54, 1.807) is 35.2 Å². The molecule has 1 unspecified atom stereocenters. The van der Waals surface area contributed by atoms with Crippen molar-refractivity contribution in [2.24, 2.45) is 0 Å². The summed E-state index contributed by atoms with van der Waals surface area (Å²) in [5, 5.41) is 11.3. The van der Waals surface area contributed by atoms with E-state index in [-0.39, 0.29) is 11.3 Å². The first-order valence-electron chi connectivity index (χ1n) is 12.7. The molecule has 2 aromatic carbocycles. The normalized spacial score (nSPS) is 19.7. The minimum atomic E-state index is -0.710. The summed E-state index contributed by atoms with van der Waals surface area (Å²) in [4.78, 5) is 30.3. The molecule has 196 valence electrons. The van der Waals surface area contributed by atoms with Crippen molar-refractivity contribution in [3.05, 3.63) is 77.9 Å². The highest BCUT2D eigenvalue weighted by Crippen LogP contribution is 2.40. The molecule has 1 N–H and O–H groups in total. The highest BCUT2D eigenvalue weighted by atomic mass is 16.5. The molecule has 2 aromatic rings. The van der Waals surface area contributed by atoms with Crippen LogP contribution in [0.2, 0.25) is 0 Å². The first kappa shape index (κ1) is 26.4. The number of carbonyl (C=O) groups excluding carboxylic acids is 2. The molecule has 2 aliphatic heterocycles. The fraction of sp³-hybridized carbons (Fsp3) is 0.379. The Morgan fingerprint density at radius 3 is 2.32 bits per heavy atom. The van der Waals surface area contributed by atoms with Gasteiger partial charge in [-0.05, 0) is 48.4 Å². The average molecular weight is 507 g/mol. The Labute approximate surface area is 217 Å². The third-order valence-corrected chi connectivity index (χ3v) is 6.47. The molecule has 37 heavy (non-hydrogen) atoms. The van der Waals surface area contributed by atoms with Crippen LogP contribution in [0.1, 0.15) is 30.5 Å². The van der Waals surface area contributed by atoms with E-state index in [1.807, 2.05) is 31.2 Å².